The van der Waals surface area contributed by atoms with Crippen LogP contribution in [0.1, 0.15) is 6.92 Å². The van der Waals surface area contributed by atoms with Crippen molar-refractivity contribution in [1.82, 2.24) is 9.80 Å². The first kappa shape index (κ1) is 20.8. The molecule has 23 heavy (non-hydrogen) atoms. The third kappa shape index (κ3) is 11.8. The van der Waals surface area contributed by atoms with Crippen molar-refractivity contribution in [2.24, 2.45) is 0 Å². The maximum Gasteiger partial charge on any atom is 0.0701 e. The zero-order valence-corrected chi connectivity index (χ0v) is 14.6. The highest BCUT2D eigenvalue weighted by atomic mass is 16.5. The van der Waals surface area contributed by atoms with E-state index in [4.69, 9.17) is 24.1 Å². The Labute approximate surface area is 140 Å². The van der Waals surface area contributed by atoms with Gasteiger partial charge >= 0.3 is 0 Å². The van der Waals surface area contributed by atoms with Crippen molar-refractivity contribution in [2.75, 3.05) is 98.7 Å². The first-order valence-electron chi connectivity index (χ1n) is 8.73. The highest BCUT2D eigenvalue weighted by Gasteiger charge is 2.06. The maximum atomic E-state index is 9.12. The highest BCUT2D eigenvalue weighted by molar-refractivity contribution is 4.58. The summed E-state index contributed by atoms with van der Waals surface area (Å²) >= 11 is 0. The normalized spacial score (nSPS) is 23.2. The fourth-order valence-corrected chi connectivity index (χ4v) is 2.32. The predicted octanol–water partition coefficient (Wildman–Crippen LogP) is -0.317. The van der Waals surface area contributed by atoms with Crippen LogP contribution in [0.25, 0.3) is 0 Å². The van der Waals surface area contributed by atoms with Crippen LogP contribution in [0.15, 0.2) is 0 Å². The lowest BCUT2D eigenvalue weighted by Crippen LogP contribution is -2.35. The van der Waals surface area contributed by atoms with E-state index in [1.807, 2.05) is 0 Å². The van der Waals surface area contributed by atoms with E-state index in [2.05, 4.69) is 16.7 Å². The van der Waals surface area contributed by atoms with E-state index in [1.54, 1.807) is 0 Å². The van der Waals surface area contributed by atoms with Crippen molar-refractivity contribution in [2.45, 2.75) is 6.92 Å². The summed E-state index contributed by atoms with van der Waals surface area (Å²) in [6.45, 7) is 12.6. The first-order valence-corrected chi connectivity index (χ1v) is 8.73. The Balaban J connectivity index is 2.30. The molecule has 1 rings (SSSR count). The number of hydrogen-bond donors (Lipinski definition) is 1. The number of likely N-dealkylation sites (N-methyl/N-ethyl adjacent to an activating group) is 1. The van der Waals surface area contributed by atoms with Gasteiger partial charge in [0.2, 0.25) is 0 Å². The number of hydrogen-bond acceptors (Lipinski definition) is 7. The van der Waals surface area contributed by atoms with Crippen molar-refractivity contribution in [3.05, 3.63) is 0 Å². The Kier molecular flexibility index (Phi) is 13.8. The van der Waals surface area contributed by atoms with E-state index >= 15 is 0 Å². The largest absolute Gasteiger partial charge is 0.395 e. The van der Waals surface area contributed by atoms with Crippen LogP contribution < -0.4 is 0 Å². The molecule has 0 bridgehead atoms. The van der Waals surface area contributed by atoms with Crippen LogP contribution in [0, 0.1) is 0 Å². The molecule has 1 N–H and O–H groups in total. The van der Waals surface area contributed by atoms with Crippen LogP contribution in [0.3, 0.4) is 0 Å². The second kappa shape index (κ2) is 15.3. The van der Waals surface area contributed by atoms with E-state index in [0.29, 0.717) is 46.2 Å². The number of rotatable bonds is 3. The van der Waals surface area contributed by atoms with Gasteiger partial charge in [0.1, 0.15) is 0 Å². The Morgan fingerprint density at radius 1 is 0.652 bits per heavy atom. The summed E-state index contributed by atoms with van der Waals surface area (Å²) in [6, 6.07) is 0. The lowest BCUT2D eigenvalue weighted by atomic mass is 10.4. The van der Waals surface area contributed by atoms with Gasteiger partial charge in [-0.25, -0.2) is 0 Å². The Hall–Kier alpha value is -0.280. The zero-order chi connectivity index (χ0) is 16.6. The third-order valence-electron chi connectivity index (χ3n) is 3.81. The molecule has 7 nitrogen and oxygen atoms in total. The van der Waals surface area contributed by atoms with Gasteiger partial charge in [0.15, 0.2) is 0 Å². The van der Waals surface area contributed by atoms with E-state index in [1.165, 1.54) is 0 Å². The summed E-state index contributed by atoms with van der Waals surface area (Å²) in [5, 5.41) is 9.12. The molecule has 0 saturated carbocycles. The molecule has 0 unspecified atom stereocenters. The number of β-amino-alcohol motifs (C(OH)–C–C–N with tert-alkyl or cyclic N) is 1. The lowest BCUT2D eigenvalue weighted by Gasteiger charge is -2.23. The molecule has 1 heterocycles. The fourth-order valence-electron chi connectivity index (χ4n) is 2.32. The number of aliphatic hydroxyl groups is 1. The zero-order valence-electron chi connectivity index (χ0n) is 14.6. The topological polar surface area (TPSA) is 63.6 Å². The summed E-state index contributed by atoms with van der Waals surface area (Å²) < 4.78 is 22.3. The van der Waals surface area contributed by atoms with Gasteiger partial charge in [0.05, 0.1) is 59.5 Å². The van der Waals surface area contributed by atoms with Crippen LogP contribution in [0.4, 0.5) is 0 Å². The van der Waals surface area contributed by atoms with Gasteiger partial charge in [0, 0.05) is 32.7 Å². The molecule has 0 aliphatic carbocycles. The Morgan fingerprint density at radius 3 is 1.48 bits per heavy atom. The first-order chi connectivity index (χ1) is 11.4. The van der Waals surface area contributed by atoms with Crippen LogP contribution in [-0.4, -0.2) is 114 Å². The van der Waals surface area contributed by atoms with E-state index in [-0.39, 0.29) is 6.61 Å². The Bertz CT molecular complexity index is 259. The maximum absolute atomic E-state index is 9.12. The van der Waals surface area contributed by atoms with E-state index in [0.717, 1.165) is 45.9 Å². The second-order valence-electron chi connectivity index (χ2n) is 5.45. The van der Waals surface area contributed by atoms with Gasteiger partial charge < -0.3 is 24.1 Å². The number of nitrogens with zero attached hydrogens (tertiary/aromatic N) is 2. The van der Waals surface area contributed by atoms with Gasteiger partial charge in [-0.3, -0.25) is 9.80 Å². The number of aliphatic hydroxyl groups excluding tert-OH is 1. The molecule has 0 aromatic heterocycles. The molecule has 0 aromatic carbocycles. The monoisotopic (exact) mass is 334 g/mol. The van der Waals surface area contributed by atoms with E-state index < -0.39 is 0 Å². The molecule has 0 aromatic rings. The van der Waals surface area contributed by atoms with Crippen molar-refractivity contribution >= 4 is 0 Å². The SMILES string of the molecule is CCN1CCOCCOCCOCCN(CCO)CCOCC1. The van der Waals surface area contributed by atoms with Crippen LogP contribution in [-0.2, 0) is 18.9 Å². The van der Waals surface area contributed by atoms with Crippen molar-refractivity contribution in [3.8, 4) is 0 Å². The molecule has 7 heteroatoms. The second-order valence-corrected chi connectivity index (χ2v) is 5.45. The fraction of sp³-hybridized carbons (Fsp3) is 1.00. The van der Waals surface area contributed by atoms with Crippen molar-refractivity contribution in [1.29, 1.82) is 0 Å². The summed E-state index contributed by atoms with van der Waals surface area (Å²) in [5.74, 6) is 0. The van der Waals surface area contributed by atoms with Crippen molar-refractivity contribution < 1.29 is 24.1 Å². The molecule has 0 atom stereocenters. The average molecular weight is 334 g/mol. The van der Waals surface area contributed by atoms with Gasteiger partial charge in [-0.1, -0.05) is 6.92 Å². The summed E-state index contributed by atoms with van der Waals surface area (Å²) in [7, 11) is 0. The van der Waals surface area contributed by atoms with E-state index in [9.17, 15) is 0 Å². The summed E-state index contributed by atoms with van der Waals surface area (Å²) in [6.07, 6.45) is 0. The predicted molar refractivity (Wildman–Crippen MR) is 88.9 cm³/mol. The molecule has 0 amide bonds. The van der Waals surface area contributed by atoms with Gasteiger partial charge in [-0.2, -0.15) is 0 Å². The van der Waals surface area contributed by atoms with Crippen molar-refractivity contribution in [3.63, 3.8) is 0 Å². The molecule has 1 saturated heterocycles. The highest BCUT2D eigenvalue weighted by Crippen LogP contribution is 1.93. The molecule has 1 fully saturated rings. The van der Waals surface area contributed by atoms with Gasteiger partial charge in [-0.15, -0.1) is 0 Å². The number of ether oxygens (including phenoxy) is 4. The quantitative estimate of drug-likeness (QED) is 0.759. The minimum atomic E-state index is 0.159. The molecular weight excluding hydrogens is 300 g/mol. The molecular formula is C16H34N2O5. The van der Waals surface area contributed by atoms with Crippen LogP contribution in [0.5, 0.6) is 0 Å². The lowest BCUT2D eigenvalue weighted by molar-refractivity contribution is 0.000357. The summed E-state index contributed by atoms with van der Waals surface area (Å²) in [5.41, 5.74) is 0. The summed E-state index contributed by atoms with van der Waals surface area (Å²) in [4.78, 5) is 4.48. The minimum absolute atomic E-state index is 0.159. The van der Waals surface area contributed by atoms with Crippen LogP contribution in [0.2, 0.25) is 0 Å². The molecule has 138 valence electrons. The molecule has 1 aliphatic rings. The average Bonchev–Trinajstić information content (AvgIpc) is 2.56. The third-order valence-corrected chi connectivity index (χ3v) is 3.81. The standard InChI is InChI=1S/C16H34N2O5/c1-2-17-4-9-20-11-6-18(3-8-19)7-12-22-14-16-23-15-13-21-10-5-17/h19H,2-16H2,1H3. The Morgan fingerprint density at radius 2 is 1.04 bits per heavy atom. The van der Waals surface area contributed by atoms with Crippen LogP contribution >= 0.6 is 0 Å². The smallest absolute Gasteiger partial charge is 0.0701 e. The van der Waals surface area contributed by atoms with Gasteiger partial charge in [-0.05, 0) is 6.54 Å². The molecule has 0 radical (unpaired) electrons. The molecule has 0 spiro atoms. The molecule has 1 aliphatic heterocycles. The minimum Gasteiger partial charge on any atom is -0.395 e. The van der Waals surface area contributed by atoms with Gasteiger partial charge in [0.25, 0.3) is 0 Å².